The van der Waals surface area contributed by atoms with Crippen molar-refractivity contribution >= 4 is 12.1 Å². The molecule has 0 aromatic heterocycles. The Morgan fingerprint density at radius 1 is 1.50 bits per heavy atom. The van der Waals surface area contributed by atoms with Crippen molar-refractivity contribution in [2.45, 2.75) is 26.4 Å². The van der Waals surface area contributed by atoms with Crippen molar-refractivity contribution in [1.82, 2.24) is 0 Å². The molecule has 6 nitrogen and oxygen atoms in total. The number of carboxylic acid groups (broad SMARTS) is 1. The average molecular weight is 227 g/mol. The quantitative estimate of drug-likeness (QED) is 0.726. The number of nitriles is 1. The molecule has 1 saturated carbocycles. The highest BCUT2D eigenvalue weighted by Crippen LogP contribution is 2.64. The molecule has 1 fully saturated rings. The Kier molecular flexibility index (Phi) is 2.82. The van der Waals surface area contributed by atoms with Gasteiger partial charge in [-0.2, -0.15) is 5.26 Å². The first-order valence-electron chi connectivity index (χ1n) is 4.83. The largest absolute Gasteiger partial charge is 0.507 e. The molecular formula is C10H13NO5. The van der Waals surface area contributed by atoms with Gasteiger partial charge in [0.15, 0.2) is 0 Å². The number of hydrogen-bond donors (Lipinski definition) is 1. The zero-order chi connectivity index (χ0) is 12.6. The number of rotatable bonds is 3. The van der Waals surface area contributed by atoms with Gasteiger partial charge in [-0.3, -0.25) is 4.79 Å². The van der Waals surface area contributed by atoms with E-state index in [1.54, 1.807) is 26.8 Å². The molecule has 16 heavy (non-hydrogen) atoms. The fourth-order valence-electron chi connectivity index (χ4n) is 1.97. The Morgan fingerprint density at radius 2 is 2.06 bits per heavy atom. The van der Waals surface area contributed by atoms with Gasteiger partial charge in [0.25, 0.3) is 0 Å². The van der Waals surface area contributed by atoms with Gasteiger partial charge in [0.05, 0.1) is 6.61 Å². The van der Waals surface area contributed by atoms with Crippen LogP contribution < -0.4 is 0 Å². The van der Waals surface area contributed by atoms with E-state index >= 15 is 0 Å². The second kappa shape index (κ2) is 3.67. The van der Waals surface area contributed by atoms with Gasteiger partial charge in [0, 0.05) is 5.41 Å². The predicted octanol–water partition coefficient (Wildman–Crippen LogP) is 1.16. The number of carbonyl (C=O) groups excluding carboxylic acids is 1. The van der Waals surface area contributed by atoms with Crippen LogP contribution in [0.4, 0.5) is 4.79 Å². The van der Waals surface area contributed by atoms with E-state index in [2.05, 4.69) is 4.74 Å². The van der Waals surface area contributed by atoms with Crippen LogP contribution in [0.1, 0.15) is 20.8 Å². The molecule has 0 bridgehead atoms. The molecule has 0 spiro atoms. The molecule has 1 aliphatic rings. The molecule has 0 aromatic carbocycles. The Balaban J connectivity index is 2.93. The predicted molar refractivity (Wildman–Crippen MR) is 51.4 cm³/mol. The molecule has 0 aliphatic heterocycles. The van der Waals surface area contributed by atoms with Crippen molar-refractivity contribution < 1.29 is 24.2 Å². The zero-order valence-electron chi connectivity index (χ0n) is 9.31. The lowest BCUT2D eigenvalue weighted by atomic mass is 10.1. The SMILES string of the molecule is CCOC(=O)C1C(C)(C)C1(C#N)OC(=O)O. The van der Waals surface area contributed by atoms with Crippen molar-refractivity contribution in [3.63, 3.8) is 0 Å². The van der Waals surface area contributed by atoms with Crippen LogP contribution in [-0.4, -0.2) is 29.4 Å². The highest BCUT2D eigenvalue weighted by molar-refractivity contribution is 5.82. The van der Waals surface area contributed by atoms with Crippen LogP contribution in [0.5, 0.6) is 0 Å². The molecule has 2 unspecified atom stereocenters. The zero-order valence-corrected chi connectivity index (χ0v) is 9.31. The van der Waals surface area contributed by atoms with E-state index in [9.17, 15) is 9.59 Å². The second-order valence-electron chi connectivity index (χ2n) is 4.12. The van der Waals surface area contributed by atoms with Gasteiger partial charge in [-0.15, -0.1) is 0 Å². The smallest absolute Gasteiger partial charge is 0.466 e. The van der Waals surface area contributed by atoms with Gasteiger partial charge in [-0.05, 0) is 6.92 Å². The van der Waals surface area contributed by atoms with Crippen molar-refractivity contribution in [1.29, 1.82) is 5.26 Å². The summed E-state index contributed by atoms with van der Waals surface area (Å²) >= 11 is 0. The lowest BCUT2D eigenvalue weighted by Crippen LogP contribution is -2.24. The third-order valence-corrected chi connectivity index (χ3v) is 2.94. The molecule has 0 amide bonds. The minimum absolute atomic E-state index is 0.181. The van der Waals surface area contributed by atoms with Gasteiger partial charge < -0.3 is 14.6 Å². The van der Waals surface area contributed by atoms with Gasteiger partial charge in [-0.25, -0.2) is 4.79 Å². The van der Waals surface area contributed by atoms with Crippen LogP contribution in [0, 0.1) is 22.7 Å². The van der Waals surface area contributed by atoms with Crippen LogP contribution in [0.2, 0.25) is 0 Å². The summed E-state index contributed by atoms with van der Waals surface area (Å²) in [5.74, 6) is -1.46. The van der Waals surface area contributed by atoms with Crippen LogP contribution in [0.3, 0.4) is 0 Å². The third kappa shape index (κ3) is 1.48. The summed E-state index contributed by atoms with van der Waals surface area (Å²) < 4.78 is 9.33. The van der Waals surface area contributed by atoms with Crippen molar-refractivity contribution in [3.8, 4) is 6.07 Å². The fourth-order valence-corrected chi connectivity index (χ4v) is 1.97. The normalized spacial score (nSPS) is 30.0. The van der Waals surface area contributed by atoms with E-state index in [1.807, 2.05) is 0 Å². The van der Waals surface area contributed by atoms with E-state index in [0.29, 0.717) is 0 Å². The molecule has 0 aromatic rings. The molecule has 2 atom stereocenters. The monoisotopic (exact) mass is 227 g/mol. The second-order valence-corrected chi connectivity index (χ2v) is 4.12. The summed E-state index contributed by atoms with van der Waals surface area (Å²) in [6.45, 7) is 5.01. The van der Waals surface area contributed by atoms with E-state index in [-0.39, 0.29) is 6.61 Å². The number of ether oxygens (including phenoxy) is 2. The molecule has 1 N–H and O–H groups in total. The first kappa shape index (κ1) is 12.3. The van der Waals surface area contributed by atoms with E-state index < -0.39 is 29.1 Å². The summed E-state index contributed by atoms with van der Waals surface area (Å²) in [5, 5.41) is 17.5. The molecular weight excluding hydrogens is 214 g/mol. The summed E-state index contributed by atoms with van der Waals surface area (Å²) in [6, 6.07) is 1.76. The van der Waals surface area contributed by atoms with Crippen LogP contribution >= 0.6 is 0 Å². The maximum Gasteiger partial charge on any atom is 0.507 e. The molecule has 1 aliphatic carbocycles. The highest BCUT2D eigenvalue weighted by atomic mass is 16.7. The standard InChI is InChI=1S/C10H13NO5/c1-4-15-7(12)6-9(2,3)10(6,5-11)16-8(13)14/h6H,4H2,1-3H3,(H,13,14). The lowest BCUT2D eigenvalue weighted by molar-refractivity contribution is -0.146. The van der Waals surface area contributed by atoms with E-state index in [0.717, 1.165) is 0 Å². The van der Waals surface area contributed by atoms with Gasteiger partial charge in [0.2, 0.25) is 5.60 Å². The minimum Gasteiger partial charge on any atom is -0.466 e. The molecule has 0 heterocycles. The van der Waals surface area contributed by atoms with Crippen LogP contribution in [0.25, 0.3) is 0 Å². The highest BCUT2D eigenvalue weighted by Gasteiger charge is 2.80. The Hall–Kier alpha value is -1.77. The number of nitrogens with zero attached hydrogens (tertiary/aromatic N) is 1. The summed E-state index contributed by atoms with van der Waals surface area (Å²) in [6.07, 6.45) is -1.57. The molecule has 0 radical (unpaired) electrons. The first-order chi connectivity index (χ1) is 7.33. The number of carbonyl (C=O) groups is 2. The minimum atomic E-state index is -1.62. The fraction of sp³-hybridized carbons (Fsp3) is 0.700. The Labute approximate surface area is 92.8 Å². The summed E-state index contributed by atoms with van der Waals surface area (Å²) in [5.41, 5.74) is -2.47. The Bertz CT molecular complexity index is 370. The topological polar surface area (TPSA) is 96.6 Å². The first-order valence-corrected chi connectivity index (χ1v) is 4.83. The van der Waals surface area contributed by atoms with Crippen molar-refractivity contribution in [3.05, 3.63) is 0 Å². The van der Waals surface area contributed by atoms with Gasteiger partial charge >= 0.3 is 12.1 Å². The maximum absolute atomic E-state index is 11.5. The van der Waals surface area contributed by atoms with Crippen LogP contribution in [-0.2, 0) is 14.3 Å². The lowest BCUT2D eigenvalue weighted by Gasteiger charge is -2.09. The number of hydrogen-bond acceptors (Lipinski definition) is 5. The third-order valence-electron chi connectivity index (χ3n) is 2.94. The molecule has 0 saturated heterocycles. The summed E-state index contributed by atoms with van der Waals surface area (Å²) in [4.78, 5) is 22.0. The average Bonchev–Trinajstić information content (AvgIpc) is 2.62. The van der Waals surface area contributed by atoms with Gasteiger partial charge in [-0.1, -0.05) is 13.8 Å². The van der Waals surface area contributed by atoms with Gasteiger partial charge in [0.1, 0.15) is 12.0 Å². The van der Waals surface area contributed by atoms with Crippen LogP contribution in [0.15, 0.2) is 0 Å². The van der Waals surface area contributed by atoms with Crippen molar-refractivity contribution in [2.24, 2.45) is 11.3 Å². The number of esters is 1. The molecule has 88 valence electrons. The molecule has 6 heteroatoms. The molecule has 1 rings (SSSR count). The van der Waals surface area contributed by atoms with Crippen molar-refractivity contribution in [2.75, 3.05) is 6.61 Å². The summed E-state index contributed by atoms with van der Waals surface area (Å²) in [7, 11) is 0. The Morgan fingerprint density at radius 3 is 2.44 bits per heavy atom. The maximum atomic E-state index is 11.5. The van der Waals surface area contributed by atoms with E-state index in [1.165, 1.54) is 0 Å². The van der Waals surface area contributed by atoms with E-state index in [4.69, 9.17) is 15.1 Å².